The zero-order valence-electron chi connectivity index (χ0n) is 31.0. The fraction of sp³-hybridized carbons (Fsp3) is 0.951. The second kappa shape index (κ2) is 43.5. The third-order valence-electron chi connectivity index (χ3n) is 9.31. The lowest BCUT2D eigenvalue weighted by atomic mass is 10.0. The molecule has 0 aromatic heterocycles. The summed E-state index contributed by atoms with van der Waals surface area (Å²) in [6, 6.07) is 0. The van der Waals surface area contributed by atoms with E-state index in [2.05, 4.69) is 49.8 Å². The molecule has 0 radical (unpaired) electrons. The van der Waals surface area contributed by atoms with Gasteiger partial charge in [-0.1, -0.05) is 215 Å². The number of alkyl halides is 1. The first-order valence-electron chi connectivity index (χ1n) is 19.9. The molecule has 0 amide bonds. The van der Waals surface area contributed by atoms with Gasteiger partial charge in [-0.05, 0) is 25.7 Å². The third-order valence-corrected chi connectivity index (χ3v) is 9.63. The van der Waals surface area contributed by atoms with Gasteiger partial charge in [0.05, 0.1) is 32.5 Å². The van der Waals surface area contributed by atoms with Crippen LogP contribution >= 0.6 is 15.9 Å². The molecular formula is C41H83Br2N. The number of hydrogen-bond donors (Lipinski definition) is 0. The van der Waals surface area contributed by atoms with Crippen LogP contribution in [0.2, 0.25) is 0 Å². The first-order chi connectivity index (χ1) is 21.0. The van der Waals surface area contributed by atoms with Crippen molar-refractivity contribution in [2.75, 3.05) is 32.5 Å². The summed E-state index contributed by atoms with van der Waals surface area (Å²) >= 11 is 3.01. The summed E-state index contributed by atoms with van der Waals surface area (Å²) in [7, 11) is 4.94. The van der Waals surface area contributed by atoms with Crippen LogP contribution in [0.3, 0.4) is 0 Å². The highest BCUT2D eigenvalue weighted by Gasteiger charge is 2.13. The van der Waals surface area contributed by atoms with E-state index in [0.29, 0.717) is 5.33 Å². The SMILES string of the molecule is C#CCBr.CCCCCCCCCCCCCCCCCC[N+](C)(C)CCCCCCCCCCCCCCCCCC.[Br-]. The Morgan fingerprint density at radius 3 is 0.705 bits per heavy atom. The zero-order valence-corrected chi connectivity index (χ0v) is 34.2. The van der Waals surface area contributed by atoms with Crippen LogP contribution in [-0.2, 0) is 0 Å². The van der Waals surface area contributed by atoms with E-state index in [1.165, 1.54) is 223 Å². The molecule has 0 aromatic rings. The fourth-order valence-electron chi connectivity index (χ4n) is 6.29. The van der Waals surface area contributed by atoms with Crippen molar-refractivity contribution in [3.63, 3.8) is 0 Å². The van der Waals surface area contributed by atoms with Crippen molar-refractivity contribution >= 4 is 15.9 Å². The van der Waals surface area contributed by atoms with Gasteiger partial charge >= 0.3 is 0 Å². The molecule has 44 heavy (non-hydrogen) atoms. The van der Waals surface area contributed by atoms with Gasteiger partial charge in [-0.25, -0.2) is 0 Å². The average Bonchev–Trinajstić information content (AvgIpc) is 3.00. The number of unbranched alkanes of at least 4 members (excludes halogenated alkanes) is 30. The Bertz CT molecular complexity index is 489. The predicted octanol–water partition coefficient (Wildman–Crippen LogP) is 11.6. The average molecular weight is 750 g/mol. The van der Waals surface area contributed by atoms with Crippen LogP contribution < -0.4 is 17.0 Å². The molecule has 0 N–H and O–H groups in total. The van der Waals surface area contributed by atoms with E-state index in [9.17, 15) is 0 Å². The van der Waals surface area contributed by atoms with Gasteiger partial charge in [-0.2, -0.15) is 0 Å². The summed E-state index contributed by atoms with van der Waals surface area (Å²) in [5, 5.41) is 0.660. The number of halogens is 2. The lowest BCUT2D eigenvalue weighted by Gasteiger charge is -2.30. The third kappa shape index (κ3) is 46.9. The molecule has 0 aliphatic carbocycles. The molecule has 0 unspecified atom stereocenters. The van der Waals surface area contributed by atoms with Gasteiger partial charge < -0.3 is 21.5 Å². The number of hydrogen-bond acceptors (Lipinski definition) is 0. The van der Waals surface area contributed by atoms with Crippen molar-refractivity contribution in [2.45, 2.75) is 219 Å². The molecule has 0 saturated carbocycles. The lowest BCUT2D eigenvalue weighted by Crippen LogP contribution is -3.00. The maximum Gasteiger partial charge on any atom is 0.0782 e. The highest BCUT2D eigenvalue weighted by Crippen LogP contribution is 2.16. The minimum absolute atomic E-state index is 0. The largest absolute Gasteiger partial charge is 1.00 e. The highest BCUT2D eigenvalue weighted by atomic mass is 79.9. The molecule has 0 aliphatic rings. The van der Waals surface area contributed by atoms with Crippen molar-refractivity contribution < 1.29 is 21.5 Å². The standard InChI is InChI=1S/C38H80N.C3H3Br.BrH/c1-5-7-9-11-13-15-17-19-21-23-25-27-29-31-33-35-37-39(3,4)38-36-34-32-30-28-26-24-22-20-18-16-14-12-10-8-6-2;1-2-3-4;/h5-38H2,1-4H3;1H,3H2;1H/q+1;;/p-1. The molecule has 0 heterocycles. The zero-order chi connectivity index (χ0) is 32.0. The smallest absolute Gasteiger partial charge is 0.0782 e. The molecule has 0 atom stereocenters. The second-order valence-corrected chi connectivity index (χ2v) is 14.9. The molecule has 0 aromatic carbocycles. The number of quaternary nitrogens is 1. The molecule has 1 nitrogen and oxygen atoms in total. The fourth-order valence-corrected chi connectivity index (χ4v) is 6.29. The second-order valence-electron chi connectivity index (χ2n) is 14.3. The Labute approximate surface area is 300 Å². The minimum Gasteiger partial charge on any atom is -1.00 e. The van der Waals surface area contributed by atoms with Crippen LogP contribution in [0.1, 0.15) is 219 Å². The molecule has 3 heteroatoms. The van der Waals surface area contributed by atoms with Crippen molar-refractivity contribution in [2.24, 2.45) is 0 Å². The lowest BCUT2D eigenvalue weighted by molar-refractivity contribution is -0.890. The molecule has 266 valence electrons. The summed E-state index contributed by atoms with van der Waals surface area (Å²) in [4.78, 5) is 0. The molecule has 0 fully saturated rings. The summed E-state index contributed by atoms with van der Waals surface area (Å²) in [5.74, 6) is 2.35. The molecule has 0 aliphatic heterocycles. The highest BCUT2D eigenvalue weighted by molar-refractivity contribution is 9.09. The van der Waals surface area contributed by atoms with Gasteiger partial charge in [0.25, 0.3) is 0 Å². The summed E-state index contributed by atoms with van der Waals surface area (Å²) < 4.78 is 1.25. The summed E-state index contributed by atoms with van der Waals surface area (Å²) in [5.41, 5.74) is 0. The van der Waals surface area contributed by atoms with E-state index in [0.717, 1.165) is 0 Å². The van der Waals surface area contributed by atoms with Gasteiger partial charge in [-0.15, -0.1) is 6.42 Å². The Morgan fingerprint density at radius 2 is 0.545 bits per heavy atom. The van der Waals surface area contributed by atoms with Crippen LogP contribution in [0.15, 0.2) is 0 Å². The van der Waals surface area contributed by atoms with Crippen LogP contribution in [0.4, 0.5) is 0 Å². The summed E-state index contributed by atoms with van der Waals surface area (Å²) in [6.07, 6.45) is 51.7. The monoisotopic (exact) mass is 747 g/mol. The van der Waals surface area contributed by atoms with E-state index < -0.39 is 0 Å². The maximum atomic E-state index is 4.73. The molecule has 0 rings (SSSR count). The molecular weight excluding hydrogens is 666 g/mol. The minimum atomic E-state index is 0. The summed E-state index contributed by atoms with van der Waals surface area (Å²) in [6.45, 7) is 7.39. The quantitative estimate of drug-likeness (QED) is 0.0266. The molecule has 0 bridgehead atoms. The Hall–Kier alpha value is 0.480. The van der Waals surface area contributed by atoms with Crippen LogP contribution in [-0.4, -0.2) is 37.0 Å². The molecule has 0 spiro atoms. The van der Waals surface area contributed by atoms with Gasteiger partial charge in [0, 0.05) is 0 Å². The first-order valence-corrected chi connectivity index (χ1v) is 21.0. The van der Waals surface area contributed by atoms with Crippen molar-refractivity contribution in [3.8, 4) is 12.3 Å². The van der Waals surface area contributed by atoms with E-state index >= 15 is 0 Å². The van der Waals surface area contributed by atoms with E-state index in [1.807, 2.05) is 0 Å². The Morgan fingerprint density at radius 1 is 0.386 bits per heavy atom. The van der Waals surface area contributed by atoms with Crippen molar-refractivity contribution in [3.05, 3.63) is 0 Å². The van der Waals surface area contributed by atoms with E-state index in [4.69, 9.17) is 6.42 Å². The first kappa shape index (κ1) is 48.9. The van der Waals surface area contributed by atoms with Crippen LogP contribution in [0.25, 0.3) is 0 Å². The Balaban J connectivity index is -0.00000315. The topological polar surface area (TPSA) is 0 Å². The Kier molecular flexibility index (Phi) is 48.3. The van der Waals surface area contributed by atoms with E-state index in [-0.39, 0.29) is 17.0 Å². The van der Waals surface area contributed by atoms with Gasteiger partial charge in [0.2, 0.25) is 0 Å². The normalized spacial score (nSPS) is 11.1. The van der Waals surface area contributed by atoms with Crippen molar-refractivity contribution in [1.82, 2.24) is 0 Å². The number of nitrogens with zero attached hydrogens (tertiary/aromatic N) is 1. The van der Waals surface area contributed by atoms with Gasteiger partial charge in [0.1, 0.15) is 0 Å². The maximum absolute atomic E-state index is 4.73. The number of rotatable bonds is 34. The molecule has 0 saturated heterocycles. The van der Waals surface area contributed by atoms with Crippen LogP contribution in [0.5, 0.6) is 0 Å². The van der Waals surface area contributed by atoms with Crippen LogP contribution in [0, 0.1) is 12.3 Å². The predicted molar refractivity (Wildman–Crippen MR) is 204 cm³/mol. The number of terminal acetylenes is 1. The van der Waals surface area contributed by atoms with Crippen molar-refractivity contribution in [1.29, 1.82) is 0 Å². The van der Waals surface area contributed by atoms with Gasteiger partial charge in [0.15, 0.2) is 0 Å². The van der Waals surface area contributed by atoms with E-state index in [1.54, 1.807) is 0 Å². The van der Waals surface area contributed by atoms with Gasteiger partial charge in [-0.3, -0.25) is 0 Å².